The summed E-state index contributed by atoms with van der Waals surface area (Å²) in [4.78, 5) is 12.0. The molecule has 1 amide bonds. The number of carbonyl (C=O) groups excluding carboxylic acids is 1. The van der Waals surface area contributed by atoms with Gasteiger partial charge in [0.2, 0.25) is 0 Å². The van der Waals surface area contributed by atoms with E-state index in [4.69, 9.17) is 16.7 Å². The summed E-state index contributed by atoms with van der Waals surface area (Å²) in [6, 6.07) is 12.7. The lowest BCUT2D eigenvalue weighted by atomic mass is 10.1. The highest BCUT2D eigenvalue weighted by Crippen LogP contribution is 2.19. The number of benzene rings is 2. The highest BCUT2D eigenvalue weighted by Gasteiger charge is 2.07. The molecule has 2 aromatic carbocycles. The van der Waals surface area contributed by atoms with Crippen molar-refractivity contribution in [3.05, 3.63) is 67.7 Å². The monoisotopic (exact) mass is 401 g/mol. The number of halogens is 2. The van der Waals surface area contributed by atoms with Gasteiger partial charge in [0, 0.05) is 15.7 Å². The van der Waals surface area contributed by atoms with Crippen LogP contribution in [0.4, 0.5) is 0 Å². The largest absolute Gasteiger partial charge is 0.392 e. The van der Waals surface area contributed by atoms with Gasteiger partial charge in [-0.3, -0.25) is 4.79 Å². The molecule has 2 N–H and O–H groups in total. The van der Waals surface area contributed by atoms with Gasteiger partial charge in [-0.1, -0.05) is 35.9 Å². The van der Waals surface area contributed by atoms with E-state index in [1.165, 1.54) is 0 Å². The maximum absolute atomic E-state index is 12.0. The first kappa shape index (κ1) is 15.3. The highest BCUT2D eigenvalue weighted by molar-refractivity contribution is 14.1. The van der Waals surface area contributed by atoms with Gasteiger partial charge in [0.15, 0.2) is 0 Å². The van der Waals surface area contributed by atoms with Gasteiger partial charge in [0.05, 0.1) is 11.6 Å². The molecule has 0 atom stereocenters. The number of carbonyl (C=O) groups is 1. The summed E-state index contributed by atoms with van der Waals surface area (Å²) in [6.07, 6.45) is 0. The molecule has 5 heteroatoms. The van der Waals surface area contributed by atoms with E-state index in [0.717, 1.165) is 14.7 Å². The fraction of sp³-hybridized carbons (Fsp3) is 0.133. The molecule has 0 saturated heterocycles. The smallest absolute Gasteiger partial charge is 0.251 e. The van der Waals surface area contributed by atoms with Crippen molar-refractivity contribution in [1.29, 1.82) is 0 Å². The summed E-state index contributed by atoms with van der Waals surface area (Å²) in [5.74, 6) is -0.158. The predicted molar refractivity (Wildman–Crippen MR) is 87.7 cm³/mol. The minimum Gasteiger partial charge on any atom is -0.392 e. The van der Waals surface area contributed by atoms with Crippen LogP contribution in [-0.4, -0.2) is 11.0 Å². The lowest BCUT2D eigenvalue weighted by Crippen LogP contribution is -2.22. The highest BCUT2D eigenvalue weighted by atomic mass is 127. The Balaban J connectivity index is 1.98. The lowest BCUT2D eigenvalue weighted by molar-refractivity contribution is 0.0951. The Labute approximate surface area is 136 Å². The Kier molecular flexibility index (Phi) is 5.39. The van der Waals surface area contributed by atoms with E-state index in [1.54, 1.807) is 12.1 Å². The van der Waals surface area contributed by atoms with Gasteiger partial charge in [0.25, 0.3) is 5.91 Å². The molecule has 2 aromatic rings. The minimum atomic E-state index is -0.158. The van der Waals surface area contributed by atoms with Gasteiger partial charge < -0.3 is 10.4 Å². The first-order chi connectivity index (χ1) is 9.60. The SMILES string of the molecule is O=C(NCc1ccc(CO)cc1)c1ccc(I)c(Cl)c1. The Hall–Kier alpha value is -1.11. The number of aliphatic hydroxyl groups excluding tert-OH is 1. The van der Waals surface area contributed by atoms with Crippen LogP contribution in [0.2, 0.25) is 5.02 Å². The van der Waals surface area contributed by atoms with Gasteiger partial charge in [-0.15, -0.1) is 0 Å². The standard InChI is InChI=1S/C15H13ClINO2/c16-13-7-12(5-6-14(13)17)15(20)18-8-10-1-3-11(9-19)4-2-10/h1-7,19H,8-9H2,(H,18,20). The normalized spacial score (nSPS) is 10.3. The maximum atomic E-state index is 12.0. The summed E-state index contributed by atoms with van der Waals surface area (Å²) in [6.45, 7) is 0.460. The second-order valence-corrected chi connectivity index (χ2v) is 5.86. The van der Waals surface area contributed by atoms with Crippen molar-refractivity contribution in [2.24, 2.45) is 0 Å². The van der Waals surface area contributed by atoms with Crippen molar-refractivity contribution < 1.29 is 9.90 Å². The summed E-state index contributed by atoms with van der Waals surface area (Å²) in [5, 5.41) is 12.4. The third kappa shape index (κ3) is 3.94. The molecule has 0 radical (unpaired) electrons. The molecule has 2 rings (SSSR count). The van der Waals surface area contributed by atoms with Crippen LogP contribution >= 0.6 is 34.2 Å². The second-order valence-electron chi connectivity index (χ2n) is 4.29. The van der Waals surface area contributed by atoms with Crippen molar-refractivity contribution in [3.8, 4) is 0 Å². The zero-order valence-corrected chi connectivity index (χ0v) is 13.5. The molecular formula is C15H13ClINO2. The molecule has 0 aliphatic rings. The van der Waals surface area contributed by atoms with Crippen LogP contribution < -0.4 is 5.32 Å². The van der Waals surface area contributed by atoms with Gasteiger partial charge >= 0.3 is 0 Å². The summed E-state index contributed by atoms with van der Waals surface area (Å²) in [5.41, 5.74) is 2.37. The number of hydrogen-bond acceptors (Lipinski definition) is 2. The van der Waals surface area contributed by atoms with Gasteiger partial charge in [-0.25, -0.2) is 0 Å². The third-order valence-corrected chi connectivity index (χ3v) is 4.41. The van der Waals surface area contributed by atoms with E-state index in [2.05, 4.69) is 27.9 Å². The zero-order chi connectivity index (χ0) is 14.5. The molecule has 0 aliphatic carbocycles. The Morgan fingerprint density at radius 2 is 1.80 bits per heavy atom. The maximum Gasteiger partial charge on any atom is 0.251 e. The van der Waals surface area contributed by atoms with E-state index in [0.29, 0.717) is 17.1 Å². The fourth-order valence-electron chi connectivity index (χ4n) is 1.68. The zero-order valence-electron chi connectivity index (χ0n) is 10.6. The number of aliphatic hydroxyl groups is 1. The topological polar surface area (TPSA) is 49.3 Å². The fourth-order valence-corrected chi connectivity index (χ4v) is 2.20. The molecule has 0 aromatic heterocycles. The quantitative estimate of drug-likeness (QED) is 0.772. The predicted octanol–water partition coefficient (Wildman–Crippen LogP) is 3.37. The van der Waals surface area contributed by atoms with E-state index in [-0.39, 0.29) is 12.5 Å². The van der Waals surface area contributed by atoms with Crippen molar-refractivity contribution in [2.45, 2.75) is 13.2 Å². The number of rotatable bonds is 4. The molecule has 20 heavy (non-hydrogen) atoms. The Morgan fingerprint density at radius 1 is 1.15 bits per heavy atom. The van der Waals surface area contributed by atoms with Gasteiger partial charge in [0.1, 0.15) is 0 Å². The van der Waals surface area contributed by atoms with Crippen molar-refractivity contribution in [1.82, 2.24) is 5.32 Å². The average molecular weight is 402 g/mol. The Morgan fingerprint density at radius 3 is 2.40 bits per heavy atom. The van der Waals surface area contributed by atoms with Crippen LogP contribution in [0, 0.1) is 3.57 Å². The van der Waals surface area contributed by atoms with Crippen molar-refractivity contribution in [2.75, 3.05) is 0 Å². The molecule has 3 nitrogen and oxygen atoms in total. The Bertz CT molecular complexity index is 614. The molecule has 0 bridgehead atoms. The second kappa shape index (κ2) is 7.06. The van der Waals surface area contributed by atoms with Crippen LogP contribution in [0.1, 0.15) is 21.5 Å². The minimum absolute atomic E-state index is 0.0216. The lowest BCUT2D eigenvalue weighted by Gasteiger charge is -2.07. The number of nitrogens with one attached hydrogen (secondary N) is 1. The van der Waals surface area contributed by atoms with Crippen molar-refractivity contribution >= 4 is 40.1 Å². The molecule has 0 spiro atoms. The van der Waals surface area contributed by atoms with Crippen LogP contribution in [0.5, 0.6) is 0 Å². The van der Waals surface area contributed by atoms with Crippen LogP contribution in [0.25, 0.3) is 0 Å². The molecule has 0 aliphatic heterocycles. The first-order valence-electron chi connectivity index (χ1n) is 6.02. The molecule has 0 unspecified atom stereocenters. The van der Waals surface area contributed by atoms with Gasteiger partial charge in [-0.2, -0.15) is 0 Å². The molecule has 104 valence electrons. The number of amides is 1. The molecule has 0 fully saturated rings. The van der Waals surface area contributed by atoms with Crippen LogP contribution in [0.3, 0.4) is 0 Å². The van der Waals surface area contributed by atoms with E-state index >= 15 is 0 Å². The summed E-state index contributed by atoms with van der Waals surface area (Å²) < 4.78 is 0.917. The third-order valence-electron chi connectivity index (χ3n) is 2.84. The van der Waals surface area contributed by atoms with E-state index < -0.39 is 0 Å². The van der Waals surface area contributed by atoms with Crippen LogP contribution in [-0.2, 0) is 13.2 Å². The summed E-state index contributed by atoms with van der Waals surface area (Å²) in [7, 11) is 0. The first-order valence-corrected chi connectivity index (χ1v) is 7.48. The molecule has 0 heterocycles. The van der Waals surface area contributed by atoms with E-state index in [9.17, 15) is 4.79 Å². The van der Waals surface area contributed by atoms with Gasteiger partial charge in [-0.05, 0) is 51.9 Å². The van der Waals surface area contributed by atoms with Crippen LogP contribution in [0.15, 0.2) is 42.5 Å². The number of hydrogen-bond donors (Lipinski definition) is 2. The van der Waals surface area contributed by atoms with E-state index in [1.807, 2.05) is 30.3 Å². The molecular weight excluding hydrogens is 389 g/mol. The molecule has 0 saturated carbocycles. The average Bonchev–Trinajstić information content (AvgIpc) is 2.48. The summed E-state index contributed by atoms with van der Waals surface area (Å²) >= 11 is 8.11. The van der Waals surface area contributed by atoms with Crippen molar-refractivity contribution in [3.63, 3.8) is 0 Å².